The molecule has 0 unspecified atom stereocenters. The minimum atomic E-state index is 1.11. The zero-order chi connectivity index (χ0) is 7.84. The molecule has 60 valence electrons. The van der Waals surface area contributed by atoms with Crippen LogP contribution in [0.1, 0.15) is 10.4 Å². The van der Waals surface area contributed by atoms with E-state index in [4.69, 9.17) is 0 Å². The summed E-state index contributed by atoms with van der Waals surface area (Å²) in [5, 5.41) is 2.20. The molecule has 0 N–H and O–H groups in total. The number of halogens is 1. The van der Waals surface area contributed by atoms with E-state index in [0.717, 1.165) is 6.54 Å². The van der Waals surface area contributed by atoms with Gasteiger partial charge in [0.15, 0.2) is 0 Å². The number of thiophene rings is 1. The van der Waals surface area contributed by atoms with Crippen molar-refractivity contribution in [2.45, 2.75) is 13.0 Å². The van der Waals surface area contributed by atoms with Crippen molar-refractivity contribution < 1.29 is 0 Å². The maximum Gasteiger partial charge on any atom is 0.0330 e. The van der Waals surface area contributed by atoms with Crippen LogP contribution < -0.4 is 0 Å². The molecule has 1 aliphatic rings. The van der Waals surface area contributed by atoms with E-state index in [1.807, 2.05) is 11.3 Å². The summed E-state index contributed by atoms with van der Waals surface area (Å²) in [4.78, 5) is 3.93. The number of fused-ring (bicyclic) bond motifs is 1. The van der Waals surface area contributed by atoms with Crippen LogP contribution in [0.4, 0.5) is 0 Å². The van der Waals surface area contributed by atoms with Crippen molar-refractivity contribution in [3.63, 3.8) is 0 Å². The Morgan fingerprint density at radius 3 is 3.27 bits per heavy atom. The standard InChI is InChI=1S/C8H10BrNS/c1-10-3-2-8-6(4-10)7(9)5-11-8/h5H,2-4H2,1H3. The van der Waals surface area contributed by atoms with Crippen LogP contribution in [0.2, 0.25) is 0 Å². The molecular weight excluding hydrogens is 222 g/mol. The van der Waals surface area contributed by atoms with Crippen LogP contribution in [-0.2, 0) is 13.0 Å². The van der Waals surface area contributed by atoms with Crippen molar-refractivity contribution in [2.24, 2.45) is 0 Å². The second-order valence-electron chi connectivity index (χ2n) is 2.97. The Labute approximate surface area is 79.2 Å². The SMILES string of the molecule is CN1CCc2scc(Br)c2C1. The maximum atomic E-state index is 3.56. The summed E-state index contributed by atoms with van der Waals surface area (Å²) >= 11 is 5.44. The lowest BCUT2D eigenvalue weighted by molar-refractivity contribution is 0.315. The predicted molar refractivity (Wildman–Crippen MR) is 52.1 cm³/mol. The minimum Gasteiger partial charge on any atom is -0.302 e. The van der Waals surface area contributed by atoms with Crippen LogP contribution in [0.25, 0.3) is 0 Å². The van der Waals surface area contributed by atoms with E-state index in [1.165, 1.54) is 23.0 Å². The van der Waals surface area contributed by atoms with Gasteiger partial charge < -0.3 is 4.90 Å². The zero-order valence-corrected chi connectivity index (χ0v) is 8.83. The fourth-order valence-corrected chi connectivity index (χ4v) is 3.10. The van der Waals surface area contributed by atoms with Gasteiger partial charge >= 0.3 is 0 Å². The third kappa shape index (κ3) is 1.37. The van der Waals surface area contributed by atoms with Crippen molar-refractivity contribution in [3.8, 4) is 0 Å². The minimum absolute atomic E-state index is 1.11. The van der Waals surface area contributed by atoms with E-state index in [9.17, 15) is 0 Å². The molecule has 0 saturated carbocycles. The van der Waals surface area contributed by atoms with E-state index in [0.29, 0.717) is 0 Å². The molecule has 0 aromatic carbocycles. The molecular formula is C8H10BrNS. The highest BCUT2D eigenvalue weighted by atomic mass is 79.9. The van der Waals surface area contributed by atoms with E-state index >= 15 is 0 Å². The molecule has 3 heteroatoms. The van der Waals surface area contributed by atoms with Gasteiger partial charge in [0.25, 0.3) is 0 Å². The molecule has 1 nitrogen and oxygen atoms in total. The molecule has 0 bridgehead atoms. The normalized spacial score (nSPS) is 18.4. The number of nitrogens with zero attached hydrogens (tertiary/aromatic N) is 1. The number of hydrogen-bond acceptors (Lipinski definition) is 2. The molecule has 0 atom stereocenters. The highest BCUT2D eigenvalue weighted by molar-refractivity contribution is 9.10. The summed E-state index contributed by atoms with van der Waals surface area (Å²) in [5.41, 5.74) is 1.50. The number of likely N-dealkylation sites (N-methyl/N-ethyl adjacent to an activating group) is 1. The molecule has 0 amide bonds. The van der Waals surface area contributed by atoms with Crippen molar-refractivity contribution in [1.29, 1.82) is 0 Å². The van der Waals surface area contributed by atoms with Crippen molar-refractivity contribution in [1.82, 2.24) is 4.90 Å². The molecule has 1 aromatic rings. The Morgan fingerprint density at radius 1 is 1.64 bits per heavy atom. The lowest BCUT2D eigenvalue weighted by atomic mass is 10.1. The van der Waals surface area contributed by atoms with Gasteiger partial charge in [0.1, 0.15) is 0 Å². The number of rotatable bonds is 0. The smallest absolute Gasteiger partial charge is 0.0330 e. The van der Waals surface area contributed by atoms with Gasteiger partial charge in [0, 0.05) is 27.8 Å². The Bertz CT molecular complexity index is 269. The third-order valence-corrected chi connectivity index (χ3v) is 4.18. The Balaban J connectivity index is 2.37. The van der Waals surface area contributed by atoms with Gasteiger partial charge in [-0.15, -0.1) is 11.3 Å². The lowest BCUT2D eigenvalue weighted by Crippen LogP contribution is -2.25. The molecule has 2 rings (SSSR count). The van der Waals surface area contributed by atoms with Gasteiger partial charge in [-0.1, -0.05) is 0 Å². The van der Waals surface area contributed by atoms with Crippen LogP contribution in [-0.4, -0.2) is 18.5 Å². The van der Waals surface area contributed by atoms with Gasteiger partial charge in [0.2, 0.25) is 0 Å². The molecule has 2 heterocycles. The quantitative estimate of drug-likeness (QED) is 0.664. The molecule has 0 saturated heterocycles. The first-order valence-electron chi connectivity index (χ1n) is 3.70. The number of hydrogen-bond donors (Lipinski definition) is 0. The molecule has 1 aromatic heterocycles. The van der Waals surface area contributed by atoms with Crippen LogP contribution in [0, 0.1) is 0 Å². The first-order valence-corrected chi connectivity index (χ1v) is 5.38. The Morgan fingerprint density at radius 2 is 2.45 bits per heavy atom. The van der Waals surface area contributed by atoms with E-state index in [2.05, 4.69) is 33.3 Å². The third-order valence-electron chi connectivity index (χ3n) is 2.08. The molecule has 0 radical (unpaired) electrons. The summed E-state index contributed by atoms with van der Waals surface area (Å²) < 4.78 is 1.30. The Kier molecular flexibility index (Phi) is 2.04. The highest BCUT2D eigenvalue weighted by Crippen LogP contribution is 2.31. The monoisotopic (exact) mass is 231 g/mol. The maximum absolute atomic E-state index is 3.56. The zero-order valence-electron chi connectivity index (χ0n) is 6.43. The summed E-state index contributed by atoms with van der Waals surface area (Å²) in [6.45, 7) is 2.32. The molecule has 1 aliphatic heterocycles. The van der Waals surface area contributed by atoms with Crippen LogP contribution in [0.5, 0.6) is 0 Å². The average Bonchev–Trinajstić information content (AvgIpc) is 2.33. The summed E-state index contributed by atoms with van der Waals surface area (Å²) in [5.74, 6) is 0. The van der Waals surface area contributed by atoms with E-state index in [1.54, 1.807) is 4.88 Å². The second-order valence-corrected chi connectivity index (χ2v) is 4.79. The molecule has 11 heavy (non-hydrogen) atoms. The molecule has 0 spiro atoms. The van der Waals surface area contributed by atoms with Gasteiger partial charge in [-0.25, -0.2) is 0 Å². The van der Waals surface area contributed by atoms with Crippen molar-refractivity contribution >= 4 is 27.3 Å². The molecule has 0 aliphatic carbocycles. The first-order chi connectivity index (χ1) is 5.27. The van der Waals surface area contributed by atoms with Crippen LogP contribution in [0.3, 0.4) is 0 Å². The molecule has 0 fully saturated rings. The van der Waals surface area contributed by atoms with Gasteiger partial charge in [-0.2, -0.15) is 0 Å². The van der Waals surface area contributed by atoms with Gasteiger partial charge in [0.05, 0.1) is 0 Å². The predicted octanol–water partition coefficient (Wildman–Crippen LogP) is 2.50. The topological polar surface area (TPSA) is 3.24 Å². The largest absolute Gasteiger partial charge is 0.302 e. The summed E-state index contributed by atoms with van der Waals surface area (Å²) in [6, 6.07) is 0. The van der Waals surface area contributed by atoms with Crippen molar-refractivity contribution in [3.05, 3.63) is 20.3 Å². The van der Waals surface area contributed by atoms with Crippen LogP contribution >= 0.6 is 27.3 Å². The Hall–Kier alpha value is 0.140. The van der Waals surface area contributed by atoms with Gasteiger partial charge in [-0.3, -0.25) is 0 Å². The average molecular weight is 232 g/mol. The first kappa shape index (κ1) is 7.77. The van der Waals surface area contributed by atoms with E-state index < -0.39 is 0 Å². The highest BCUT2D eigenvalue weighted by Gasteiger charge is 2.16. The van der Waals surface area contributed by atoms with E-state index in [-0.39, 0.29) is 0 Å². The summed E-state index contributed by atoms with van der Waals surface area (Å²) in [6.07, 6.45) is 1.22. The fraction of sp³-hybridized carbons (Fsp3) is 0.500. The lowest BCUT2D eigenvalue weighted by Gasteiger charge is -2.22. The summed E-state index contributed by atoms with van der Waals surface area (Å²) in [7, 11) is 2.17. The second kappa shape index (κ2) is 2.88. The van der Waals surface area contributed by atoms with Crippen LogP contribution in [0.15, 0.2) is 9.85 Å². The van der Waals surface area contributed by atoms with Crippen molar-refractivity contribution in [2.75, 3.05) is 13.6 Å². The van der Waals surface area contributed by atoms with Gasteiger partial charge in [-0.05, 0) is 35.0 Å². The fourth-order valence-electron chi connectivity index (χ4n) is 1.41.